The van der Waals surface area contributed by atoms with E-state index in [0.717, 1.165) is 19.5 Å². The molecule has 1 aromatic carbocycles. The monoisotopic (exact) mass is 193 g/mol. The topological polar surface area (TPSA) is 23.5 Å². The Morgan fingerprint density at radius 3 is 2.64 bits per heavy atom. The van der Waals surface area contributed by atoms with E-state index < -0.39 is 0 Å². The van der Waals surface area contributed by atoms with Gasteiger partial charge in [-0.15, -0.1) is 0 Å². The van der Waals surface area contributed by atoms with E-state index in [2.05, 4.69) is 43.0 Å². The Morgan fingerprint density at radius 2 is 2.07 bits per heavy atom. The summed E-state index contributed by atoms with van der Waals surface area (Å²) in [5, 5.41) is 8.95. The van der Waals surface area contributed by atoms with Gasteiger partial charge in [0.25, 0.3) is 0 Å². The average Bonchev–Trinajstić information content (AvgIpc) is 2.17. The van der Waals surface area contributed by atoms with Crippen LogP contribution in [0.5, 0.6) is 0 Å². The lowest BCUT2D eigenvalue weighted by atomic mass is 10.2. The number of hydrogen-bond acceptors (Lipinski definition) is 2. The minimum Gasteiger partial charge on any atom is -0.395 e. The van der Waals surface area contributed by atoms with Crippen LogP contribution < -0.4 is 4.90 Å². The van der Waals surface area contributed by atoms with Gasteiger partial charge in [-0.1, -0.05) is 19.1 Å². The van der Waals surface area contributed by atoms with Gasteiger partial charge in [-0.2, -0.15) is 0 Å². The maximum absolute atomic E-state index is 8.95. The molecular formula is C12H19NO. The van der Waals surface area contributed by atoms with E-state index in [4.69, 9.17) is 5.11 Å². The third-order valence-electron chi connectivity index (χ3n) is 2.23. The molecule has 14 heavy (non-hydrogen) atoms. The molecule has 0 aliphatic heterocycles. The summed E-state index contributed by atoms with van der Waals surface area (Å²) in [4.78, 5) is 2.22. The van der Waals surface area contributed by atoms with E-state index in [9.17, 15) is 0 Å². The molecule has 0 amide bonds. The first kappa shape index (κ1) is 11.1. The Labute approximate surface area is 86.2 Å². The van der Waals surface area contributed by atoms with Gasteiger partial charge in [-0.3, -0.25) is 0 Å². The van der Waals surface area contributed by atoms with Crippen LogP contribution in [0, 0.1) is 6.92 Å². The number of rotatable bonds is 5. The lowest BCUT2D eigenvalue weighted by Gasteiger charge is -2.23. The Bertz CT molecular complexity index is 267. The van der Waals surface area contributed by atoms with Gasteiger partial charge in [0.1, 0.15) is 0 Å². The van der Waals surface area contributed by atoms with Crippen LogP contribution in [0.15, 0.2) is 24.3 Å². The minimum atomic E-state index is 0.216. The van der Waals surface area contributed by atoms with Crippen LogP contribution in [0.25, 0.3) is 0 Å². The molecule has 0 bridgehead atoms. The maximum atomic E-state index is 8.95. The second-order valence-electron chi connectivity index (χ2n) is 3.55. The van der Waals surface area contributed by atoms with Crippen LogP contribution >= 0.6 is 0 Å². The van der Waals surface area contributed by atoms with Crippen molar-refractivity contribution in [3.05, 3.63) is 29.8 Å². The largest absolute Gasteiger partial charge is 0.395 e. The fourth-order valence-corrected chi connectivity index (χ4v) is 1.59. The maximum Gasteiger partial charge on any atom is 0.0606 e. The lowest BCUT2D eigenvalue weighted by molar-refractivity contribution is 0.302. The highest BCUT2D eigenvalue weighted by molar-refractivity contribution is 5.48. The fourth-order valence-electron chi connectivity index (χ4n) is 1.59. The second-order valence-corrected chi connectivity index (χ2v) is 3.55. The van der Waals surface area contributed by atoms with Crippen molar-refractivity contribution in [2.75, 3.05) is 24.6 Å². The van der Waals surface area contributed by atoms with Crippen LogP contribution in [0.1, 0.15) is 18.9 Å². The summed E-state index contributed by atoms with van der Waals surface area (Å²) in [6.07, 6.45) is 1.11. The molecule has 0 fully saturated rings. The van der Waals surface area contributed by atoms with Gasteiger partial charge in [0.15, 0.2) is 0 Å². The SMILES string of the molecule is CCCN(CCO)c1cccc(C)c1. The fraction of sp³-hybridized carbons (Fsp3) is 0.500. The molecule has 1 rings (SSSR count). The molecule has 1 aromatic rings. The highest BCUT2D eigenvalue weighted by atomic mass is 16.3. The zero-order valence-corrected chi connectivity index (χ0v) is 9.03. The molecule has 0 radical (unpaired) electrons. The Morgan fingerprint density at radius 1 is 1.29 bits per heavy atom. The summed E-state index contributed by atoms with van der Waals surface area (Å²) in [6, 6.07) is 8.40. The third-order valence-corrected chi connectivity index (χ3v) is 2.23. The third kappa shape index (κ3) is 3.04. The molecule has 0 saturated carbocycles. The van der Waals surface area contributed by atoms with Gasteiger partial charge in [0, 0.05) is 18.8 Å². The molecular weight excluding hydrogens is 174 g/mol. The van der Waals surface area contributed by atoms with Gasteiger partial charge in [0.05, 0.1) is 6.61 Å². The summed E-state index contributed by atoms with van der Waals surface area (Å²) in [6.45, 7) is 6.18. The number of benzene rings is 1. The molecule has 2 nitrogen and oxygen atoms in total. The zero-order chi connectivity index (χ0) is 10.4. The number of anilines is 1. The quantitative estimate of drug-likeness (QED) is 0.775. The van der Waals surface area contributed by atoms with Gasteiger partial charge in [-0.05, 0) is 31.0 Å². The van der Waals surface area contributed by atoms with Crippen molar-refractivity contribution in [2.24, 2.45) is 0 Å². The van der Waals surface area contributed by atoms with E-state index in [1.54, 1.807) is 0 Å². The van der Waals surface area contributed by atoms with E-state index in [1.165, 1.54) is 11.3 Å². The highest BCUT2D eigenvalue weighted by Gasteiger charge is 2.03. The molecule has 0 aromatic heterocycles. The first-order chi connectivity index (χ1) is 6.77. The normalized spacial score (nSPS) is 10.2. The van der Waals surface area contributed by atoms with E-state index in [0.29, 0.717) is 0 Å². The molecule has 2 heteroatoms. The summed E-state index contributed by atoms with van der Waals surface area (Å²) in [5.41, 5.74) is 2.47. The minimum absolute atomic E-state index is 0.216. The van der Waals surface area contributed by atoms with Gasteiger partial charge >= 0.3 is 0 Å². The molecule has 0 heterocycles. The standard InChI is InChI=1S/C12H19NO/c1-3-7-13(8-9-14)12-6-4-5-11(2)10-12/h4-6,10,14H,3,7-9H2,1-2H3. The lowest BCUT2D eigenvalue weighted by Crippen LogP contribution is -2.27. The van der Waals surface area contributed by atoms with Crippen molar-refractivity contribution in [1.29, 1.82) is 0 Å². The van der Waals surface area contributed by atoms with E-state index in [-0.39, 0.29) is 6.61 Å². The molecule has 1 N–H and O–H groups in total. The molecule has 0 spiro atoms. The molecule has 0 unspecified atom stereocenters. The van der Waals surface area contributed by atoms with E-state index >= 15 is 0 Å². The first-order valence-electron chi connectivity index (χ1n) is 5.20. The van der Waals surface area contributed by atoms with Crippen LogP contribution in [-0.4, -0.2) is 24.8 Å². The van der Waals surface area contributed by atoms with Crippen molar-refractivity contribution < 1.29 is 5.11 Å². The Kier molecular flexibility index (Phi) is 4.47. The summed E-state index contributed by atoms with van der Waals surface area (Å²) >= 11 is 0. The van der Waals surface area contributed by atoms with Gasteiger partial charge in [-0.25, -0.2) is 0 Å². The highest BCUT2D eigenvalue weighted by Crippen LogP contribution is 2.15. The van der Waals surface area contributed by atoms with E-state index in [1.807, 2.05) is 0 Å². The predicted molar refractivity (Wildman–Crippen MR) is 60.8 cm³/mol. The van der Waals surface area contributed by atoms with Crippen molar-refractivity contribution in [3.63, 3.8) is 0 Å². The summed E-state index contributed by atoms with van der Waals surface area (Å²) in [5.74, 6) is 0. The number of aryl methyl sites for hydroxylation is 1. The molecule has 0 atom stereocenters. The van der Waals surface area contributed by atoms with Crippen LogP contribution in [0.3, 0.4) is 0 Å². The number of aliphatic hydroxyl groups is 1. The van der Waals surface area contributed by atoms with Crippen molar-refractivity contribution >= 4 is 5.69 Å². The number of hydrogen-bond donors (Lipinski definition) is 1. The number of nitrogens with zero attached hydrogens (tertiary/aromatic N) is 1. The van der Waals surface area contributed by atoms with Crippen molar-refractivity contribution in [1.82, 2.24) is 0 Å². The van der Waals surface area contributed by atoms with Crippen molar-refractivity contribution in [3.8, 4) is 0 Å². The zero-order valence-electron chi connectivity index (χ0n) is 9.03. The molecule has 78 valence electrons. The Hall–Kier alpha value is -1.02. The predicted octanol–water partition coefficient (Wildman–Crippen LogP) is 2.20. The second kappa shape index (κ2) is 5.66. The molecule has 0 aliphatic carbocycles. The molecule has 0 saturated heterocycles. The summed E-state index contributed by atoms with van der Waals surface area (Å²) in [7, 11) is 0. The average molecular weight is 193 g/mol. The Balaban J connectivity index is 2.75. The van der Waals surface area contributed by atoms with Gasteiger partial charge < -0.3 is 10.0 Å². The van der Waals surface area contributed by atoms with Crippen LogP contribution in [0.2, 0.25) is 0 Å². The van der Waals surface area contributed by atoms with Gasteiger partial charge in [0.2, 0.25) is 0 Å². The van der Waals surface area contributed by atoms with Crippen LogP contribution in [0.4, 0.5) is 5.69 Å². The molecule has 0 aliphatic rings. The smallest absolute Gasteiger partial charge is 0.0606 e. The summed E-state index contributed by atoms with van der Waals surface area (Å²) < 4.78 is 0. The first-order valence-corrected chi connectivity index (χ1v) is 5.20. The van der Waals surface area contributed by atoms with Crippen molar-refractivity contribution in [2.45, 2.75) is 20.3 Å². The van der Waals surface area contributed by atoms with Crippen LogP contribution in [-0.2, 0) is 0 Å². The number of aliphatic hydroxyl groups excluding tert-OH is 1.